The summed E-state index contributed by atoms with van der Waals surface area (Å²) < 4.78 is 7.53. The summed E-state index contributed by atoms with van der Waals surface area (Å²) in [6.07, 6.45) is 4.67. The van der Waals surface area contributed by atoms with E-state index in [4.69, 9.17) is 9.72 Å². The van der Waals surface area contributed by atoms with E-state index in [1.54, 1.807) is 6.20 Å². The number of nitrogens with zero attached hydrogens (tertiary/aromatic N) is 3. The van der Waals surface area contributed by atoms with Crippen LogP contribution in [0.4, 0.5) is 10.8 Å². The van der Waals surface area contributed by atoms with E-state index in [0.717, 1.165) is 51.5 Å². The Balaban J connectivity index is 1.52. The molecule has 0 fully saturated rings. The number of rotatable bonds is 4. The van der Waals surface area contributed by atoms with Gasteiger partial charge in [-0.3, -0.25) is 4.40 Å². The fourth-order valence-corrected chi connectivity index (χ4v) is 4.06. The zero-order chi connectivity index (χ0) is 17.5. The molecule has 1 aliphatic heterocycles. The third-order valence-electron chi connectivity index (χ3n) is 4.44. The molecule has 1 aliphatic rings. The first-order chi connectivity index (χ1) is 12.8. The fraction of sp³-hybridized carbons (Fsp3) is 0.158. The minimum Gasteiger partial charge on any atom is -0.493 e. The number of aromatic nitrogens is 3. The fourth-order valence-electron chi connectivity index (χ4n) is 3.21. The minimum atomic E-state index is -0.0627. The minimum absolute atomic E-state index is 0.0627. The van der Waals surface area contributed by atoms with Crippen molar-refractivity contribution >= 4 is 27.8 Å². The van der Waals surface area contributed by atoms with Gasteiger partial charge in [-0.25, -0.2) is 9.97 Å². The maximum atomic E-state index is 9.79. The van der Waals surface area contributed by atoms with Crippen LogP contribution in [0.15, 0.2) is 48.8 Å². The first-order valence-corrected chi connectivity index (χ1v) is 9.19. The summed E-state index contributed by atoms with van der Waals surface area (Å²) in [5.74, 6) is 0.956. The van der Waals surface area contributed by atoms with Crippen LogP contribution in [0.5, 0.6) is 5.75 Å². The first-order valence-electron chi connectivity index (χ1n) is 8.37. The largest absolute Gasteiger partial charge is 0.493 e. The number of hydrogen-bond donors (Lipinski definition) is 2. The Morgan fingerprint density at radius 2 is 2.23 bits per heavy atom. The lowest BCUT2D eigenvalue weighted by Crippen LogP contribution is -1.92. The molecule has 5 rings (SSSR count). The predicted molar refractivity (Wildman–Crippen MR) is 101 cm³/mol. The molecule has 7 heteroatoms. The highest BCUT2D eigenvalue weighted by molar-refractivity contribution is 7.16. The van der Waals surface area contributed by atoms with Crippen molar-refractivity contribution < 1.29 is 9.84 Å². The Labute approximate surface area is 153 Å². The molecule has 0 saturated carbocycles. The zero-order valence-corrected chi connectivity index (χ0v) is 14.7. The van der Waals surface area contributed by atoms with E-state index >= 15 is 0 Å². The number of fused-ring (bicyclic) bond motifs is 2. The van der Waals surface area contributed by atoms with Crippen LogP contribution in [0.2, 0.25) is 0 Å². The second-order valence-corrected chi connectivity index (χ2v) is 7.15. The van der Waals surface area contributed by atoms with Gasteiger partial charge in [-0.1, -0.05) is 17.4 Å². The number of benzene rings is 1. The van der Waals surface area contributed by atoms with E-state index in [1.165, 1.54) is 16.9 Å². The Bertz CT molecular complexity index is 1100. The molecule has 6 nitrogen and oxygen atoms in total. The van der Waals surface area contributed by atoms with Gasteiger partial charge in [0.2, 0.25) is 0 Å². The summed E-state index contributed by atoms with van der Waals surface area (Å²) in [6.45, 7) is 0.676. The normalized spacial score (nSPS) is 13.0. The SMILES string of the molecule is OCc1sc(Nc2ccc3c(c2)CCO3)nc1-c1cnc2ccccn12. The summed E-state index contributed by atoms with van der Waals surface area (Å²) in [4.78, 5) is 9.94. The smallest absolute Gasteiger partial charge is 0.188 e. The number of thiazole rings is 1. The number of aliphatic hydroxyl groups is 1. The number of imidazole rings is 1. The molecule has 0 aliphatic carbocycles. The summed E-state index contributed by atoms with van der Waals surface area (Å²) in [5.41, 5.74) is 4.65. The predicted octanol–water partition coefficient (Wildman–Crippen LogP) is 3.63. The highest BCUT2D eigenvalue weighted by atomic mass is 32.1. The highest BCUT2D eigenvalue weighted by Gasteiger charge is 2.17. The number of ether oxygens (including phenoxy) is 1. The maximum Gasteiger partial charge on any atom is 0.188 e. The van der Waals surface area contributed by atoms with Crippen molar-refractivity contribution in [3.63, 3.8) is 0 Å². The molecular formula is C19H16N4O2S. The second-order valence-electron chi connectivity index (χ2n) is 6.07. The lowest BCUT2D eigenvalue weighted by Gasteiger charge is -2.04. The summed E-state index contributed by atoms with van der Waals surface area (Å²) in [7, 11) is 0. The van der Waals surface area contributed by atoms with Crippen LogP contribution in [-0.2, 0) is 13.0 Å². The molecule has 2 N–H and O–H groups in total. The quantitative estimate of drug-likeness (QED) is 0.579. The van der Waals surface area contributed by atoms with Gasteiger partial charge in [0, 0.05) is 18.3 Å². The van der Waals surface area contributed by atoms with Crippen LogP contribution in [-0.4, -0.2) is 26.1 Å². The van der Waals surface area contributed by atoms with Crippen molar-refractivity contribution in [1.29, 1.82) is 0 Å². The molecule has 0 amide bonds. The van der Waals surface area contributed by atoms with Gasteiger partial charge in [0.25, 0.3) is 0 Å². The first kappa shape index (κ1) is 15.4. The van der Waals surface area contributed by atoms with Crippen LogP contribution < -0.4 is 10.1 Å². The summed E-state index contributed by atoms with van der Waals surface area (Å²) >= 11 is 1.45. The molecule has 130 valence electrons. The molecule has 0 unspecified atom stereocenters. The molecule has 0 atom stereocenters. The van der Waals surface area contributed by atoms with Gasteiger partial charge in [-0.15, -0.1) is 0 Å². The number of nitrogens with one attached hydrogen (secondary N) is 1. The molecule has 26 heavy (non-hydrogen) atoms. The monoisotopic (exact) mass is 364 g/mol. The van der Waals surface area contributed by atoms with Gasteiger partial charge >= 0.3 is 0 Å². The van der Waals surface area contributed by atoms with Crippen LogP contribution in [0.1, 0.15) is 10.4 Å². The van der Waals surface area contributed by atoms with Gasteiger partial charge in [-0.2, -0.15) is 0 Å². The molecular weight excluding hydrogens is 348 g/mol. The van der Waals surface area contributed by atoms with Crippen LogP contribution >= 0.6 is 11.3 Å². The number of hydrogen-bond acceptors (Lipinski definition) is 6. The molecule has 0 radical (unpaired) electrons. The van der Waals surface area contributed by atoms with Crippen molar-refractivity contribution in [3.8, 4) is 17.1 Å². The summed E-state index contributed by atoms with van der Waals surface area (Å²) in [5, 5.41) is 13.9. The average Bonchev–Trinajstić information content (AvgIpc) is 3.38. The molecule has 4 aromatic rings. The van der Waals surface area contributed by atoms with Crippen molar-refractivity contribution in [1.82, 2.24) is 14.4 Å². The van der Waals surface area contributed by atoms with Crippen molar-refractivity contribution in [2.75, 3.05) is 11.9 Å². The van der Waals surface area contributed by atoms with Crippen LogP contribution in [0, 0.1) is 0 Å². The van der Waals surface area contributed by atoms with Gasteiger partial charge in [0.1, 0.15) is 17.1 Å². The van der Waals surface area contributed by atoms with E-state index in [-0.39, 0.29) is 6.61 Å². The van der Waals surface area contributed by atoms with Gasteiger partial charge in [0.15, 0.2) is 5.13 Å². The standard InChI is InChI=1S/C19H16N4O2S/c24-11-16-18(14-10-20-17-3-1-2-7-23(14)17)22-19(26-16)21-13-4-5-15-12(9-13)6-8-25-15/h1-5,7,9-10,24H,6,8,11H2,(H,21,22). The number of aliphatic hydroxyl groups excluding tert-OH is 1. The van der Waals surface area contributed by atoms with E-state index in [2.05, 4.69) is 16.4 Å². The maximum absolute atomic E-state index is 9.79. The van der Waals surface area contributed by atoms with E-state index in [1.807, 2.05) is 40.9 Å². The van der Waals surface area contributed by atoms with Gasteiger partial charge < -0.3 is 15.2 Å². The lowest BCUT2D eigenvalue weighted by molar-refractivity contribution is 0.286. The Morgan fingerprint density at radius 1 is 1.27 bits per heavy atom. The topological polar surface area (TPSA) is 71.7 Å². The summed E-state index contributed by atoms with van der Waals surface area (Å²) in [6, 6.07) is 11.9. The molecule has 0 spiro atoms. The number of anilines is 2. The van der Waals surface area contributed by atoms with Crippen molar-refractivity contribution in [2.24, 2.45) is 0 Å². The van der Waals surface area contributed by atoms with Crippen molar-refractivity contribution in [2.45, 2.75) is 13.0 Å². The third kappa shape index (κ3) is 2.53. The van der Waals surface area contributed by atoms with Crippen molar-refractivity contribution in [3.05, 3.63) is 59.2 Å². The zero-order valence-electron chi connectivity index (χ0n) is 13.8. The van der Waals surface area contributed by atoms with Crippen LogP contribution in [0.3, 0.4) is 0 Å². The Kier molecular flexibility index (Phi) is 3.62. The Morgan fingerprint density at radius 3 is 3.15 bits per heavy atom. The third-order valence-corrected chi connectivity index (χ3v) is 5.40. The van der Waals surface area contributed by atoms with E-state index < -0.39 is 0 Å². The van der Waals surface area contributed by atoms with Crippen LogP contribution in [0.25, 0.3) is 17.0 Å². The lowest BCUT2D eigenvalue weighted by atomic mass is 10.1. The van der Waals surface area contributed by atoms with Gasteiger partial charge in [-0.05, 0) is 35.9 Å². The average molecular weight is 364 g/mol. The second kappa shape index (κ2) is 6.12. The van der Waals surface area contributed by atoms with Gasteiger partial charge in [0.05, 0.1) is 30.0 Å². The highest BCUT2D eigenvalue weighted by Crippen LogP contribution is 2.34. The molecule has 3 aromatic heterocycles. The molecule has 0 saturated heterocycles. The molecule has 0 bridgehead atoms. The number of pyridine rings is 1. The Hall–Kier alpha value is -2.90. The van der Waals surface area contributed by atoms with E-state index in [9.17, 15) is 5.11 Å². The van der Waals surface area contributed by atoms with E-state index in [0.29, 0.717) is 0 Å². The molecule has 4 heterocycles. The molecule has 1 aromatic carbocycles.